The van der Waals surface area contributed by atoms with E-state index in [2.05, 4.69) is 24.1 Å². The van der Waals surface area contributed by atoms with Gasteiger partial charge in [-0.15, -0.1) is 0 Å². The molecule has 1 aromatic carbocycles. The molecular weight excluding hydrogens is 266 g/mol. The number of benzene rings is 1. The maximum atomic E-state index is 11.9. The summed E-state index contributed by atoms with van der Waals surface area (Å²) in [6.45, 7) is 7.97. The monoisotopic (exact) mass is 293 g/mol. The highest BCUT2D eigenvalue weighted by Crippen LogP contribution is 2.10. The number of hydrogen-bond donors (Lipinski definition) is 3. The lowest BCUT2D eigenvalue weighted by Gasteiger charge is -2.18. The first kappa shape index (κ1) is 17.5. The molecule has 0 bridgehead atoms. The first-order valence-electron chi connectivity index (χ1n) is 7.60. The minimum absolute atomic E-state index is 0.123. The van der Waals surface area contributed by atoms with Gasteiger partial charge in [0.25, 0.3) is 0 Å². The zero-order valence-electron chi connectivity index (χ0n) is 13.0. The van der Waals surface area contributed by atoms with Crippen LogP contribution in [0.5, 0.6) is 5.75 Å². The zero-order chi connectivity index (χ0) is 15.7. The number of phenols is 1. The fraction of sp³-hybridized carbons (Fsp3) is 0.562. The van der Waals surface area contributed by atoms with Gasteiger partial charge in [0.2, 0.25) is 5.91 Å². The molecule has 5 nitrogen and oxygen atoms in total. The van der Waals surface area contributed by atoms with Crippen molar-refractivity contribution in [1.82, 2.24) is 10.2 Å². The third kappa shape index (κ3) is 6.60. The molecule has 0 aromatic heterocycles. The molecule has 0 aliphatic carbocycles. The van der Waals surface area contributed by atoms with Crippen LogP contribution in [0, 0.1) is 0 Å². The predicted octanol–water partition coefficient (Wildman–Crippen LogP) is 1.11. The van der Waals surface area contributed by atoms with Crippen LogP contribution in [-0.4, -0.2) is 48.1 Å². The molecule has 0 aliphatic rings. The van der Waals surface area contributed by atoms with E-state index in [1.807, 2.05) is 0 Å². The molecule has 0 radical (unpaired) electrons. The number of nitrogens with two attached hydrogens (primary N) is 1. The first-order chi connectivity index (χ1) is 10.1. The molecule has 4 N–H and O–H groups in total. The highest BCUT2D eigenvalue weighted by atomic mass is 16.3. The van der Waals surface area contributed by atoms with Gasteiger partial charge in [-0.1, -0.05) is 26.0 Å². The molecule has 0 aliphatic heterocycles. The summed E-state index contributed by atoms with van der Waals surface area (Å²) >= 11 is 0. The van der Waals surface area contributed by atoms with Crippen molar-refractivity contribution < 1.29 is 9.90 Å². The van der Waals surface area contributed by atoms with Crippen molar-refractivity contribution in [2.75, 3.05) is 26.2 Å². The summed E-state index contributed by atoms with van der Waals surface area (Å²) < 4.78 is 0. The molecule has 1 unspecified atom stereocenters. The topological polar surface area (TPSA) is 78.6 Å². The van der Waals surface area contributed by atoms with E-state index in [1.165, 1.54) is 0 Å². The molecule has 1 atom stereocenters. The summed E-state index contributed by atoms with van der Waals surface area (Å²) in [6, 6.07) is 6.21. The third-order valence-electron chi connectivity index (χ3n) is 3.57. The van der Waals surface area contributed by atoms with Gasteiger partial charge in [-0.2, -0.15) is 0 Å². The average Bonchev–Trinajstić information content (AvgIpc) is 2.49. The van der Waals surface area contributed by atoms with Gasteiger partial charge in [0, 0.05) is 6.54 Å². The smallest absolute Gasteiger partial charge is 0.237 e. The number of carbonyl (C=O) groups is 1. The number of carbonyl (C=O) groups excluding carboxylic acids is 1. The molecule has 0 fully saturated rings. The molecule has 1 amide bonds. The van der Waals surface area contributed by atoms with Gasteiger partial charge in [0.05, 0.1) is 6.04 Å². The number of rotatable bonds is 9. The lowest BCUT2D eigenvalue weighted by atomic mass is 10.1. The largest absolute Gasteiger partial charge is 0.508 e. The number of nitrogens with one attached hydrogen (secondary N) is 1. The predicted molar refractivity (Wildman–Crippen MR) is 85.2 cm³/mol. The second-order valence-corrected chi connectivity index (χ2v) is 5.15. The Morgan fingerprint density at radius 3 is 2.48 bits per heavy atom. The average molecular weight is 293 g/mol. The summed E-state index contributed by atoms with van der Waals surface area (Å²) in [6.07, 6.45) is 1.40. The van der Waals surface area contributed by atoms with Crippen molar-refractivity contribution in [1.29, 1.82) is 0 Å². The first-order valence-corrected chi connectivity index (χ1v) is 7.60. The Morgan fingerprint density at radius 2 is 1.90 bits per heavy atom. The number of amides is 1. The van der Waals surface area contributed by atoms with Gasteiger partial charge in [0.1, 0.15) is 5.75 Å². The Hall–Kier alpha value is -1.59. The zero-order valence-corrected chi connectivity index (χ0v) is 13.0. The third-order valence-corrected chi connectivity index (χ3v) is 3.57. The molecule has 1 aromatic rings. The number of aromatic hydroxyl groups is 1. The van der Waals surface area contributed by atoms with Crippen LogP contribution in [0.2, 0.25) is 0 Å². The Kier molecular flexibility index (Phi) is 7.79. The second-order valence-electron chi connectivity index (χ2n) is 5.15. The standard InChI is InChI=1S/C16H27N3O2/c1-3-19(4-2)11-5-10-18-16(21)15(17)12-13-6-8-14(20)9-7-13/h6-9,15,20H,3-5,10-12,17H2,1-2H3,(H,18,21). The summed E-state index contributed by atoms with van der Waals surface area (Å²) in [5, 5.41) is 12.1. The molecular formula is C16H27N3O2. The summed E-state index contributed by atoms with van der Waals surface area (Å²) in [4.78, 5) is 14.2. The maximum absolute atomic E-state index is 11.9. The van der Waals surface area contributed by atoms with Crippen molar-refractivity contribution in [3.8, 4) is 5.75 Å². The van der Waals surface area contributed by atoms with E-state index in [-0.39, 0.29) is 11.7 Å². The highest BCUT2D eigenvalue weighted by molar-refractivity contribution is 5.81. The van der Waals surface area contributed by atoms with Crippen LogP contribution in [-0.2, 0) is 11.2 Å². The molecule has 21 heavy (non-hydrogen) atoms. The summed E-state index contributed by atoms with van der Waals surface area (Å²) in [5.74, 6) is 0.0933. The van der Waals surface area contributed by atoms with Crippen LogP contribution in [0.3, 0.4) is 0 Å². The fourth-order valence-electron chi connectivity index (χ4n) is 2.16. The maximum Gasteiger partial charge on any atom is 0.237 e. The van der Waals surface area contributed by atoms with Crippen LogP contribution < -0.4 is 11.1 Å². The number of nitrogens with zero attached hydrogens (tertiary/aromatic N) is 1. The Labute approximate surface area is 127 Å². The minimum atomic E-state index is -0.553. The van der Waals surface area contributed by atoms with Crippen LogP contribution in [0.1, 0.15) is 25.8 Å². The normalized spacial score (nSPS) is 12.4. The SMILES string of the molecule is CCN(CC)CCCNC(=O)C(N)Cc1ccc(O)cc1. The van der Waals surface area contributed by atoms with Crippen LogP contribution >= 0.6 is 0 Å². The molecule has 118 valence electrons. The number of hydrogen-bond acceptors (Lipinski definition) is 4. The molecule has 5 heteroatoms. The fourth-order valence-corrected chi connectivity index (χ4v) is 2.16. The van der Waals surface area contributed by atoms with Crippen molar-refractivity contribution in [3.63, 3.8) is 0 Å². The Morgan fingerprint density at radius 1 is 1.29 bits per heavy atom. The summed E-state index contributed by atoms with van der Waals surface area (Å²) in [5.41, 5.74) is 6.84. The van der Waals surface area contributed by atoms with Crippen molar-refractivity contribution in [2.45, 2.75) is 32.7 Å². The Balaban J connectivity index is 2.26. The van der Waals surface area contributed by atoms with Crippen molar-refractivity contribution in [2.24, 2.45) is 5.73 Å². The lowest BCUT2D eigenvalue weighted by Crippen LogP contribution is -2.42. The van der Waals surface area contributed by atoms with Crippen molar-refractivity contribution >= 4 is 5.91 Å². The van der Waals surface area contributed by atoms with Crippen molar-refractivity contribution in [3.05, 3.63) is 29.8 Å². The van der Waals surface area contributed by atoms with Gasteiger partial charge < -0.3 is 21.1 Å². The number of phenolic OH excluding ortho intramolecular Hbond substituents is 1. The van der Waals surface area contributed by atoms with E-state index >= 15 is 0 Å². The lowest BCUT2D eigenvalue weighted by molar-refractivity contribution is -0.122. The highest BCUT2D eigenvalue weighted by Gasteiger charge is 2.13. The van der Waals surface area contributed by atoms with E-state index in [4.69, 9.17) is 5.73 Å². The van der Waals surface area contributed by atoms with Crippen LogP contribution in [0.15, 0.2) is 24.3 Å². The second kappa shape index (κ2) is 9.37. The van der Waals surface area contributed by atoms with Gasteiger partial charge in [-0.05, 0) is 50.2 Å². The molecule has 0 heterocycles. The van der Waals surface area contributed by atoms with Gasteiger partial charge in [-0.25, -0.2) is 0 Å². The Bertz CT molecular complexity index is 416. The van der Waals surface area contributed by atoms with Gasteiger partial charge in [0.15, 0.2) is 0 Å². The van der Waals surface area contributed by atoms with E-state index in [1.54, 1.807) is 24.3 Å². The van der Waals surface area contributed by atoms with Gasteiger partial charge >= 0.3 is 0 Å². The molecule has 0 saturated heterocycles. The van der Waals surface area contributed by atoms with Crippen LogP contribution in [0.4, 0.5) is 0 Å². The summed E-state index contributed by atoms with van der Waals surface area (Å²) in [7, 11) is 0. The van der Waals surface area contributed by atoms with E-state index < -0.39 is 6.04 Å². The minimum Gasteiger partial charge on any atom is -0.508 e. The van der Waals surface area contributed by atoms with E-state index in [0.717, 1.165) is 31.6 Å². The van der Waals surface area contributed by atoms with E-state index in [0.29, 0.717) is 13.0 Å². The van der Waals surface area contributed by atoms with Crippen LogP contribution in [0.25, 0.3) is 0 Å². The molecule has 0 saturated carbocycles. The quantitative estimate of drug-likeness (QED) is 0.596. The molecule has 0 spiro atoms. The van der Waals surface area contributed by atoms with E-state index in [9.17, 15) is 9.90 Å². The van der Waals surface area contributed by atoms with Gasteiger partial charge in [-0.3, -0.25) is 4.79 Å². The molecule has 1 rings (SSSR count).